The van der Waals surface area contributed by atoms with Gasteiger partial charge in [-0.2, -0.15) is 0 Å². The Morgan fingerprint density at radius 1 is 0.657 bits per heavy atom. The van der Waals surface area contributed by atoms with Crippen molar-refractivity contribution in [3.63, 3.8) is 0 Å². The normalized spacial score (nSPS) is 11.5. The Morgan fingerprint density at radius 2 is 1.26 bits per heavy atom. The van der Waals surface area contributed by atoms with Gasteiger partial charge >= 0.3 is 0 Å². The molecule has 0 fully saturated rings. The van der Waals surface area contributed by atoms with Crippen LogP contribution in [0.25, 0.3) is 27.5 Å². The second-order valence-corrected chi connectivity index (χ2v) is 9.12. The minimum Gasteiger partial charge on any atom is -0.333 e. The number of fused-ring (bicyclic) bond motifs is 3. The molecule has 4 aromatic carbocycles. The monoisotopic (exact) mass is 482 g/mol. The molecule has 0 N–H and O–H groups in total. The third-order valence-electron chi connectivity index (χ3n) is 6.10. The van der Waals surface area contributed by atoms with Crippen molar-refractivity contribution in [3.05, 3.63) is 120 Å². The zero-order valence-electron chi connectivity index (χ0n) is 18.6. The van der Waals surface area contributed by atoms with Crippen molar-refractivity contribution in [1.29, 1.82) is 0 Å². The minimum absolute atomic E-state index is 0.0315. The first-order chi connectivity index (χ1) is 17.2. The molecule has 0 atom stereocenters. The average molecular weight is 483 g/mol. The summed E-state index contributed by atoms with van der Waals surface area (Å²) in [4.78, 5) is 0. The summed E-state index contributed by atoms with van der Waals surface area (Å²) in [5.74, 6) is -0.277. The molecule has 4 nitrogen and oxygen atoms in total. The second-order valence-electron chi connectivity index (χ2n) is 8.18. The molecule has 0 bridgehead atoms. The molecule has 172 valence electrons. The first-order valence-corrected chi connectivity index (χ1v) is 12.2. The number of halogens is 2. The number of hydrogen-bond donors (Lipinski definition) is 0. The van der Waals surface area contributed by atoms with Crippen molar-refractivity contribution < 1.29 is 8.78 Å². The Labute approximate surface area is 204 Å². The number of nitrogens with zero attached hydrogens (tertiary/aromatic N) is 4. The molecular weight excluding hydrogens is 462 g/mol. The SMILES string of the molecule is Fc1cccc(F)c1CSc1nnc(Cn2c3ccccc3c3ccccc32)n1-c1ccccc1. The van der Waals surface area contributed by atoms with Crippen LogP contribution in [0.4, 0.5) is 8.78 Å². The summed E-state index contributed by atoms with van der Waals surface area (Å²) in [6.07, 6.45) is 0. The van der Waals surface area contributed by atoms with E-state index in [2.05, 4.69) is 39.0 Å². The maximum absolute atomic E-state index is 14.2. The Kier molecular flexibility index (Phi) is 5.54. The van der Waals surface area contributed by atoms with Crippen molar-refractivity contribution in [2.45, 2.75) is 17.5 Å². The summed E-state index contributed by atoms with van der Waals surface area (Å²) in [6, 6.07) is 30.3. The number of benzene rings is 4. The lowest BCUT2D eigenvalue weighted by Gasteiger charge is -2.12. The second kappa shape index (κ2) is 9.00. The van der Waals surface area contributed by atoms with Crippen molar-refractivity contribution in [2.24, 2.45) is 0 Å². The zero-order valence-corrected chi connectivity index (χ0v) is 19.4. The Balaban J connectivity index is 1.44. The molecule has 35 heavy (non-hydrogen) atoms. The molecule has 2 heterocycles. The smallest absolute Gasteiger partial charge is 0.196 e. The summed E-state index contributed by atoms with van der Waals surface area (Å²) < 4.78 is 32.7. The van der Waals surface area contributed by atoms with Gasteiger partial charge in [-0.15, -0.1) is 10.2 Å². The average Bonchev–Trinajstić information content (AvgIpc) is 3.44. The highest BCUT2D eigenvalue weighted by Gasteiger charge is 2.19. The van der Waals surface area contributed by atoms with Crippen molar-refractivity contribution >= 4 is 33.6 Å². The van der Waals surface area contributed by atoms with Crippen LogP contribution in [0.5, 0.6) is 0 Å². The lowest BCUT2D eigenvalue weighted by Crippen LogP contribution is -2.08. The van der Waals surface area contributed by atoms with Gasteiger partial charge in [-0.05, 0) is 36.4 Å². The first kappa shape index (κ1) is 21.6. The maximum Gasteiger partial charge on any atom is 0.196 e. The van der Waals surface area contributed by atoms with Crippen molar-refractivity contribution in [1.82, 2.24) is 19.3 Å². The first-order valence-electron chi connectivity index (χ1n) is 11.2. The molecule has 0 aliphatic rings. The third-order valence-corrected chi connectivity index (χ3v) is 7.06. The molecule has 0 spiro atoms. The molecular formula is C28H20F2N4S. The zero-order chi connectivity index (χ0) is 23.8. The van der Waals surface area contributed by atoms with Gasteiger partial charge in [-0.1, -0.05) is 72.4 Å². The third kappa shape index (κ3) is 3.88. The number of aromatic nitrogens is 4. The Bertz CT molecular complexity index is 1580. The van der Waals surface area contributed by atoms with Crippen LogP contribution < -0.4 is 0 Å². The topological polar surface area (TPSA) is 35.6 Å². The summed E-state index contributed by atoms with van der Waals surface area (Å²) in [5.41, 5.74) is 3.15. The van der Waals surface area contributed by atoms with Gasteiger partial charge in [0, 0.05) is 38.8 Å². The van der Waals surface area contributed by atoms with E-state index < -0.39 is 11.6 Å². The van der Waals surface area contributed by atoms with Crippen LogP contribution in [-0.4, -0.2) is 19.3 Å². The summed E-state index contributed by atoms with van der Waals surface area (Å²) in [5, 5.41) is 11.9. The quantitative estimate of drug-likeness (QED) is 0.240. The Morgan fingerprint density at radius 3 is 1.91 bits per heavy atom. The molecule has 0 aliphatic heterocycles. The van der Waals surface area contributed by atoms with Gasteiger partial charge in [0.15, 0.2) is 11.0 Å². The molecule has 0 radical (unpaired) electrons. The van der Waals surface area contributed by atoms with E-state index in [4.69, 9.17) is 0 Å². The van der Waals surface area contributed by atoms with E-state index in [1.807, 2.05) is 59.2 Å². The molecule has 0 amide bonds. The van der Waals surface area contributed by atoms with Crippen LogP contribution >= 0.6 is 11.8 Å². The van der Waals surface area contributed by atoms with E-state index in [9.17, 15) is 8.78 Å². The lowest BCUT2D eigenvalue weighted by atomic mass is 10.2. The van der Waals surface area contributed by atoms with Crippen LogP contribution in [0.3, 0.4) is 0 Å². The molecule has 0 saturated carbocycles. The summed E-state index contributed by atoms with van der Waals surface area (Å²) in [7, 11) is 0. The van der Waals surface area contributed by atoms with Gasteiger partial charge in [-0.25, -0.2) is 8.78 Å². The van der Waals surface area contributed by atoms with Gasteiger partial charge in [0.25, 0.3) is 0 Å². The molecule has 0 aliphatic carbocycles. The minimum atomic E-state index is -0.561. The van der Waals surface area contributed by atoms with Crippen LogP contribution in [-0.2, 0) is 12.3 Å². The fourth-order valence-corrected chi connectivity index (χ4v) is 5.44. The Hall–Kier alpha value is -3.97. The maximum atomic E-state index is 14.2. The van der Waals surface area contributed by atoms with E-state index >= 15 is 0 Å². The standard InChI is InChI=1S/C28H20F2N4S/c29-23-13-8-14-24(30)22(23)18-35-28-32-31-27(34(28)19-9-2-1-3-10-19)17-33-25-15-6-4-11-20(25)21-12-5-7-16-26(21)33/h1-16H,17-18H2. The van der Waals surface area contributed by atoms with E-state index in [1.165, 1.54) is 40.7 Å². The van der Waals surface area contributed by atoms with E-state index in [0.717, 1.165) is 22.5 Å². The van der Waals surface area contributed by atoms with E-state index in [-0.39, 0.29) is 11.3 Å². The van der Waals surface area contributed by atoms with Crippen LogP contribution in [0.1, 0.15) is 11.4 Å². The van der Waals surface area contributed by atoms with Crippen LogP contribution in [0.15, 0.2) is 102 Å². The highest BCUT2D eigenvalue weighted by molar-refractivity contribution is 7.98. The largest absolute Gasteiger partial charge is 0.333 e. The molecule has 2 aromatic heterocycles. The fourth-order valence-electron chi connectivity index (χ4n) is 4.45. The molecule has 6 aromatic rings. The fraction of sp³-hybridized carbons (Fsp3) is 0.0714. The molecule has 0 saturated heterocycles. The van der Waals surface area contributed by atoms with Gasteiger partial charge < -0.3 is 4.57 Å². The van der Waals surface area contributed by atoms with Gasteiger partial charge in [-0.3, -0.25) is 4.57 Å². The van der Waals surface area contributed by atoms with Gasteiger partial charge in [0.2, 0.25) is 0 Å². The predicted molar refractivity (Wildman–Crippen MR) is 136 cm³/mol. The van der Waals surface area contributed by atoms with Crippen LogP contribution in [0, 0.1) is 11.6 Å². The van der Waals surface area contributed by atoms with Crippen molar-refractivity contribution in [3.8, 4) is 5.69 Å². The van der Waals surface area contributed by atoms with E-state index in [1.54, 1.807) is 0 Å². The number of hydrogen-bond acceptors (Lipinski definition) is 3. The van der Waals surface area contributed by atoms with Crippen LogP contribution in [0.2, 0.25) is 0 Å². The van der Waals surface area contributed by atoms with Crippen molar-refractivity contribution in [2.75, 3.05) is 0 Å². The number of para-hydroxylation sites is 3. The predicted octanol–water partition coefficient (Wildman–Crippen LogP) is 6.99. The van der Waals surface area contributed by atoms with Gasteiger partial charge in [0.05, 0.1) is 6.54 Å². The number of rotatable bonds is 6. The van der Waals surface area contributed by atoms with E-state index in [0.29, 0.717) is 11.7 Å². The highest BCUT2D eigenvalue weighted by Crippen LogP contribution is 2.31. The lowest BCUT2D eigenvalue weighted by molar-refractivity contribution is 0.566. The molecule has 0 unspecified atom stereocenters. The van der Waals surface area contributed by atoms with Gasteiger partial charge in [0.1, 0.15) is 11.6 Å². The number of thioether (sulfide) groups is 1. The summed E-state index contributed by atoms with van der Waals surface area (Å²) >= 11 is 1.26. The molecule has 6 rings (SSSR count). The highest BCUT2D eigenvalue weighted by atomic mass is 32.2. The molecule has 7 heteroatoms. The summed E-state index contributed by atoms with van der Waals surface area (Å²) in [6.45, 7) is 0.491.